The van der Waals surface area contributed by atoms with Crippen molar-refractivity contribution < 1.29 is 24.2 Å². The molecule has 0 saturated heterocycles. The predicted molar refractivity (Wildman–Crippen MR) is 103 cm³/mol. The van der Waals surface area contributed by atoms with Gasteiger partial charge in [-0.15, -0.1) is 11.8 Å². The minimum absolute atomic E-state index is 0.115. The lowest BCUT2D eigenvalue weighted by Gasteiger charge is -2.21. The van der Waals surface area contributed by atoms with Crippen molar-refractivity contribution in [2.24, 2.45) is 0 Å². The van der Waals surface area contributed by atoms with E-state index in [4.69, 9.17) is 21.7 Å². The molecule has 0 aliphatic carbocycles. The van der Waals surface area contributed by atoms with E-state index in [9.17, 15) is 14.7 Å². The van der Waals surface area contributed by atoms with Crippen molar-refractivity contribution >= 4 is 39.9 Å². The summed E-state index contributed by atoms with van der Waals surface area (Å²) >= 11 is 6.29. The van der Waals surface area contributed by atoms with Crippen LogP contribution in [-0.2, 0) is 9.53 Å². The third kappa shape index (κ3) is 7.13. The zero-order valence-corrected chi connectivity index (χ0v) is 16.8. The SMILES string of the molecule is CC(=S)SC(C)(C)C(=O)OCCOc1ccc(C(=O)C(C)(C)O)cc1. The van der Waals surface area contributed by atoms with Gasteiger partial charge < -0.3 is 14.6 Å². The third-order valence-electron chi connectivity index (χ3n) is 3.15. The topological polar surface area (TPSA) is 72.8 Å². The molecule has 0 unspecified atom stereocenters. The van der Waals surface area contributed by atoms with Crippen LogP contribution in [0, 0.1) is 0 Å². The number of hydrogen-bond acceptors (Lipinski definition) is 7. The number of aliphatic hydroxyl groups is 1. The predicted octanol–water partition coefficient (Wildman–Crippen LogP) is 3.42. The number of carbonyl (C=O) groups excluding carboxylic acids is 2. The molecule has 0 spiro atoms. The molecule has 25 heavy (non-hydrogen) atoms. The van der Waals surface area contributed by atoms with Gasteiger partial charge in [-0.1, -0.05) is 12.2 Å². The van der Waals surface area contributed by atoms with Gasteiger partial charge in [-0.2, -0.15) is 0 Å². The Kier molecular flexibility index (Phi) is 7.59. The fraction of sp³-hybridized carbons (Fsp3) is 0.500. The molecular formula is C18H24O5S2. The highest BCUT2D eigenvalue weighted by Crippen LogP contribution is 2.27. The Balaban J connectivity index is 2.46. The Morgan fingerprint density at radius 1 is 1.12 bits per heavy atom. The van der Waals surface area contributed by atoms with Crippen molar-refractivity contribution in [1.29, 1.82) is 0 Å². The Labute approximate surface area is 158 Å². The first-order valence-electron chi connectivity index (χ1n) is 7.80. The molecule has 0 saturated carbocycles. The first-order chi connectivity index (χ1) is 11.4. The lowest BCUT2D eigenvalue weighted by molar-refractivity contribution is -0.146. The summed E-state index contributed by atoms with van der Waals surface area (Å²) in [5, 5.41) is 9.72. The lowest BCUT2D eigenvalue weighted by Crippen LogP contribution is -2.32. The number of benzene rings is 1. The third-order valence-corrected chi connectivity index (χ3v) is 4.36. The molecule has 0 atom stereocenters. The molecule has 0 heterocycles. The summed E-state index contributed by atoms with van der Waals surface area (Å²) in [5.74, 6) is -0.162. The molecule has 0 aliphatic rings. The molecule has 1 aromatic rings. The van der Waals surface area contributed by atoms with E-state index in [2.05, 4.69) is 0 Å². The van der Waals surface area contributed by atoms with E-state index in [1.54, 1.807) is 45.0 Å². The highest BCUT2D eigenvalue weighted by Gasteiger charge is 2.30. The molecule has 1 aromatic carbocycles. The number of ether oxygens (including phenoxy) is 2. The quantitative estimate of drug-likeness (QED) is 0.319. The molecule has 0 aliphatic heterocycles. The Bertz CT molecular complexity index is 630. The largest absolute Gasteiger partial charge is 0.490 e. The first kappa shape index (κ1) is 21.6. The Morgan fingerprint density at radius 3 is 2.16 bits per heavy atom. The summed E-state index contributed by atoms with van der Waals surface area (Å²) in [6.45, 7) is 8.48. The zero-order chi connectivity index (χ0) is 19.3. The van der Waals surface area contributed by atoms with Crippen LogP contribution in [-0.4, -0.2) is 44.6 Å². The molecular weight excluding hydrogens is 360 g/mol. The fourth-order valence-corrected chi connectivity index (χ4v) is 3.41. The van der Waals surface area contributed by atoms with Gasteiger partial charge in [0.1, 0.15) is 29.3 Å². The molecule has 5 nitrogen and oxygen atoms in total. The Morgan fingerprint density at radius 2 is 1.68 bits per heavy atom. The van der Waals surface area contributed by atoms with Crippen LogP contribution in [0.3, 0.4) is 0 Å². The van der Waals surface area contributed by atoms with Crippen molar-refractivity contribution in [3.05, 3.63) is 29.8 Å². The van der Waals surface area contributed by atoms with Crippen LogP contribution in [0.15, 0.2) is 24.3 Å². The number of thiocarbonyl (C=S) groups is 1. The van der Waals surface area contributed by atoms with Crippen LogP contribution in [0.2, 0.25) is 0 Å². The van der Waals surface area contributed by atoms with Crippen molar-refractivity contribution in [3.63, 3.8) is 0 Å². The second-order valence-electron chi connectivity index (χ2n) is 6.50. The van der Waals surface area contributed by atoms with E-state index in [0.717, 1.165) is 0 Å². The van der Waals surface area contributed by atoms with E-state index < -0.39 is 10.3 Å². The number of Topliss-reactive ketones (excluding diaryl/α,β-unsaturated/α-hetero) is 1. The molecule has 1 rings (SSSR count). The molecule has 0 radical (unpaired) electrons. The van der Waals surface area contributed by atoms with Gasteiger partial charge >= 0.3 is 5.97 Å². The van der Waals surface area contributed by atoms with Gasteiger partial charge in [0.2, 0.25) is 0 Å². The summed E-state index contributed by atoms with van der Waals surface area (Å²) in [4.78, 5) is 23.9. The fourth-order valence-electron chi connectivity index (χ4n) is 1.92. The van der Waals surface area contributed by atoms with Crippen molar-refractivity contribution in [2.75, 3.05) is 13.2 Å². The van der Waals surface area contributed by atoms with E-state index in [-0.39, 0.29) is 25.0 Å². The number of hydrogen-bond donors (Lipinski definition) is 1. The number of ketones is 1. The number of rotatable bonds is 8. The van der Waals surface area contributed by atoms with E-state index in [0.29, 0.717) is 15.5 Å². The summed E-state index contributed by atoms with van der Waals surface area (Å²) in [7, 11) is 0. The normalized spacial score (nSPS) is 11.8. The zero-order valence-electron chi connectivity index (χ0n) is 15.1. The highest BCUT2D eigenvalue weighted by atomic mass is 32.2. The first-order valence-corrected chi connectivity index (χ1v) is 9.03. The van der Waals surface area contributed by atoms with Crippen LogP contribution in [0.4, 0.5) is 0 Å². The maximum atomic E-state index is 12.0. The molecule has 0 amide bonds. The molecule has 0 aromatic heterocycles. The van der Waals surface area contributed by atoms with Gasteiger partial charge in [-0.25, -0.2) is 0 Å². The van der Waals surface area contributed by atoms with Crippen molar-refractivity contribution in [3.8, 4) is 5.75 Å². The second kappa shape index (κ2) is 8.78. The number of carbonyl (C=O) groups is 2. The van der Waals surface area contributed by atoms with Crippen LogP contribution in [0.1, 0.15) is 45.0 Å². The summed E-state index contributed by atoms with van der Waals surface area (Å²) < 4.78 is 10.6. The van der Waals surface area contributed by atoms with Gasteiger partial charge in [-0.05, 0) is 58.9 Å². The van der Waals surface area contributed by atoms with E-state index in [1.165, 1.54) is 25.6 Å². The average Bonchev–Trinajstić information content (AvgIpc) is 2.49. The average molecular weight is 385 g/mol. The van der Waals surface area contributed by atoms with Gasteiger partial charge in [-0.3, -0.25) is 9.59 Å². The van der Waals surface area contributed by atoms with Gasteiger partial charge in [0.25, 0.3) is 0 Å². The second-order valence-corrected chi connectivity index (χ2v) is 9.21. The summed E-state index contributed by atoms with van der Waals surface area (Å²) in [5.41, 5.74) is -1.01. The molecule has 0 bridgehead atoms. The van der Waals surface area contributed by atoms with E-state index in [1.807, 2.05) is 0 Å². The molecule has 0 fully saturated rings. The monoisotopic (exact) mass is 384 g/mol. The van der Waals surface area contributed by atoms with E-state index >= 15 is 0 Å². The van der Waals surface area contributed by atoms with Crippen LogP contribution < -0.4 is 4.74 Å². The standard InChI is InChI=1S/C18H24O5S2/c1-12(24)25-18(4,5)16(20)23-11-10-22-14-8-6-13(7-9-14)15(19)17(2,3)21/h6-9,21H,10-11H2,1-5H3. The van der Waals surface area contributed by atoms with Gasteiger partial charge in [0.15, 0.2) is 5.78 Å². The molecule has 138 valence electrons. The molecule has 7 heteroatoms. The smallest absolute Gasteiger partial charge is 0.322 e. The number of thioether (sulfide) groups is 1. The Hall–Kier alpha value is -1.44. The van der Waals surface area contributed by atoms with Crippen molar-refractivity contribution in [2.45, 2.75) is 45.0 Å². The maximum absolute atomic E-state index is 12.0. The molecule has 1 N–H and O–H groups in total. The van der Waals surface area contributed by atoms with Crippen LogP contribution in [0.25, 0.3) is 0 Å². The van der Waals surface area contributed by atoms with Crippen molar-refractivity contribution in [1.82, 2.24) is 0 Å². The van der Waals surface area contributed by atoms with Gasteiger partial charge in [0.05, 0.1) is 0 Å². The lowest BCUT2D eigenvalue weighted by atomic mass is 9.97. The maximum Gasteiger partial charge on any atom is 0.322 e. The summed E-state index contributed by atoms with van der Waals surface area (Å²) in [6.07, 6.45) is 0. The number of esters is 1. The highest BCUT2D eigenvalue weighted by molar-refractivity contribution is 8.24. The minimum atomic E-state index is -1.41. The van der Waals surface area contributed by atoms with Gasteiger partial charge in [0, 0.05) is 9.76 Å². The summed E-state index contributed by atoms with van der Waals surface area (Å²) in [6, 6.07) is 6.44. The van der Waals surface area contributed by atoms with Crippen LogP contribution >= 0.6 is 24.0 Å². The minimum Gasteiger partial charge on any atom is -0.490 e. The van der Waals surface area contributed by atoms with Crippen LogP contribution in [0.5, 0.6) is 5.75 Å².